The fourth-order valence-electron chi connectivity index (χ4n) is 1.63. The van der Waals surface area contributed by atoms with Crippen molar-refractivity contribution < 1.29 is 0 Å². The number of hydrogen-bond donors (Lipinski definition) is 0. The largest absolute Gasteiger partial charge is 0.215 e. The van der Waals surface area contributed by atoms with Crippen LogP contribution in [0.5, 0.6) is 0 Å². The molecule has 0 aliphatic rings. The Morgan fingerprint density at radius 1 is 1.11 bits per heavy atom. The van der Waals surface area contributed by atoms with Crippen LogP contribution in [0.2, 0.25) is 0 Å². The SMILES string of the molecule is C=CCSc1nc(SCC=C)c2c(C)c(C)sc2n1. The number of aryl methyl sites for hydroxylation is 2. The van der Waals surface area contributed by atoms with Gasteiger partial charge in [0.25, 0.3) is 0 Å². The van der Waals surface area contributed by atoms with Gasteiger partial charge in [-0.1, -0.05) is 23.9 Å². The van der Waals surface area contributed by atoms with Crippen molar-refractivity contribution in [1.82, 2.24) is 9.97 Å². The van der Waals surface area contributed by atoms with Crippen molar-refractivity contribution in [3.8, 4) is 0 Å². The molecule has 5 heteroatoms. The first-order valence-electron chi connectivity index (χ1n) is 5.92. The minimum absolute atomic E-state index is 0.834. The lowest BCUT2D eigenvalue weighted by Gasteiger charge is -2.04. The summed E-state index contributed by atoms with van der Waals surface area (Å²) < 4.78 is 0. The van der Waals surface area contributed by atoms with Crippen molar-refractivity contribution in [2.24, 2.45) is 0 Å². The molecule has 0 saturated heterocycles. The first kappa shape index (κ1) is 14.6. The minimum Gasteiger partial charge on any atom is -0.215 e. The van der Waals surface area contributed by atoms with Crippen molar-refractivity contribution >= 4 is 45.1 Å². The molecule has 0 aliphatic carbocycles. The maximum atomic E-state index is 4.68. The molecule has 0 N–H and O–H groups in total. The second kappa shape index (κ2) is 6.59. The standard InChI is InChI=1S/C14H16N2S3/c1-5-7-17-12-11-9(3)10(4)19-13(11)16-14(15-12)18-8-6-2/h5-6H,1-2,7-8H2,3-4H3. The van der Waals surface area contributed by atoms with E-state index in [0.717, 1.165) is 26.5 Å². The van der Waals surface area contributed by atoms with Crippen LogP contribution in [-0.4, -0.2) is 21.5 Å². The lowest BCUT2D eigenvalue weighted by Crippen LogP contribution is -1.92. The van der Waals surface area contributed by atoms with Crippen molar-refractivity contribution in [3.05, 3.63) is 35.8 Å². The molecule has 2 heterocycles. The molecule has 2 aromatic heterocycles. The van der Waals surface area contributed by atoms with E-state index in [1.807, 2.05) is 12.2 Å². The molecule has 2 aromatic rings. The molecule has 0 saturated carbocycles. The van der Waals surface area contributed by atoms with Gasteiger partial charge in [-0.3, -0.25) is 0 Å². The van der Waals surface area contributed by atoms with Crippen molar-refractivity contribution in [2.75, 3.05) is 11.5 Å². The molecular formula is C14H16N2S3. The number of thioether (sulfide) groups is 2. The molecule has 0 spiro atoms. The molecule has 0 aliphatic heterocycles. The Kier molecular flexibility index (Phi) is 5.07. The Morgan fingerprint density at radius 2 is 1.79 bits per heavy atom. The van der Waals surface area contributed by atoms with E-state index in [-0.39, 0.29) is 0 Å². The summed E-state index contributed by atoms with van der Waals surface area (Å²) in [6.45, 7) is 11.8. The topological polar surface area (TPSA) is 25.8 Å². The van der Waals surface area contributed by atoms with Crippen molar-refractivity contribution in [3.63, 3.8) is 0 Å². The Bertz CT molecular complexity index is 617. The van der Waals surface area contributed by atoms with E-state index in [1.165, 1.54) is 15.8 Å². The molecular weight excluding hydrogens is 292 g/mol. The van der Waals surface area contributed by atoms with Gasteiger partial charge < -0.3 is 0 Å². The molecule has 0 fully saturated rings. The van der Waals surface area contributed by atoms with Crippen LogP contribution in [0.25, 0.3) is 10.2 Å². The maximum absolute atomic E-state index is 4.68. The summed E-state index contributed by atoms with van der Waals surface area (Å²) in [6.07, 6.45) is 3.78. The number of nitrogens with zero attached hydrogens (tertiary/aromatic N) is 2. The van der Waals surface area contributed by atoms with Crippen LogP contribution in [0.3, 0.4) is 0 Å². The summed E-state index contributed by atoms with van der Waals surface area (Å²) in [5.41, 5.74) is 1.30. The molecule has 0 radical (unpaired) electrons. The Balaban J connectivity index is 2.51. The van der Waals surface area contributed by atoms with Gasteiger partial charge in [0.2, 0.25) is 0 Å². The highest BCUT2D eigenvalue weighted by Gasteiger charge is 2.14. The number of thiophene rings is 1. The van der Waals surface area contributed by atoms with E-state index in [4.69, 9.17) is 0 Å². The van der Waals surface area contributed by atoms with Crippen LogP contribution in [0.4, 0.5) is 0 Å². The number of hydrogen-bond acceptors (Lipinski definition) is 5. The van der Waals surface area contributed by atoms with E-state index in [2.05, 4.69) is 37.0 Å². The molecule has 0 amide bonds. The van der Waals surface area contributed by atoms with Gasteiger partial charge in [0, 0.05) is 21.8 Å². The predicted octanol–water partition coefficient (Wildman–Crippen LogP) is 4.86. The van der Waals surface area contributed by atoms with E-state index in [1.54, 1.807) is 34.9 Å². The van der Waals surface area contributed by atoms with E-state index in [0.29, 0.717) is 0 Å². The van der Waals surface area contributed by atoms with Crippen molar-refractivity contribution in [2.45, 2.75) is 24.0 Å². The van der Waals surface area contributed by atoms with Gasteiger partial charge in [-0.25, -0.2) is 9.97 Å². The second-order valence-electron chi connectivity index (χ2n) is 3.97. The summed E-state index contributed by atoms with van der Waals surface area (Å²) >= 11 is 5.09. The first-order valence-corrected chi connectivity index (χ1v) is 8.71. The third kappa shape index (κ3) is 3.22. The zero-order valence-electron chi connectivity index (χ0n) is 11.1. The van der Waals surface area contributed by atoms with Crippen LogP contribution in [0.1, 0.15) is 10.4 Å². The van der Waals surface area contributed by atoms with Crippen LogP contribution in [-0.2, 0) is 0 Å². The summed E-state index contributed by atoms with van der Waals surface area (Å²) in [5, 5.41) is 3.11. The quantitative estimate of drug-likeness (QED) is 0.329. The molecule has 0 aromatic carbocycles. The van der Waals surface area contributed by atoms with Crippen molar-refractivity contribution in [1.29, 1.82) is 0 Å². The van der Waals surface area contributed by atoms with E-state index in [9.17, 15) is 0 Å². The summed E-state index contributed by atoms with van der Waals surface area (Å²) in [5.74, 6) is 1.70. The predicted molar refractivity (Wildman–Crippen MR) is 88.7 cm³/mol. The zero-order chi connectivity index (χ0) is 13.8. The smallest absolute Gasteiger partial charge is 0.190 e. The Morgan fingerprint density at radius 3 is 2.47 bits per heavy atom. The summed E-state index contributed by atoms with van der Waals surface area (Å²) in [6, 6.07) is 0. The highest BCUT2D eigenvalue weighted by atomic mass is 32.2. The fourth-order valence-corrected chi connectivity index (χ4v) is 4.24. The lowest BCUT2D eigenvalue weighted by molar-refractivity contribution is 0.937. The van der Waals surface area contributed by atoms with E-state index < -0.39 is 0 Å². The molecule has 19 heavy (non-hydrogen) atoms. The summed E-state index contributed by atoms with van der Waals surface area (Å²) in [4.78, 5) is 11.7. The van der Waals surface area contributed by atoms with E-state index >= 15 is 0 Å². The van der Waals surface area contributed by atoms with Crippen LogP contribution >= 0.6 is 34.9 Å². The number of aromatic nitrogens is 2. The molecule has 0 atom stereocenters. The highest BCUT2D eigenvalue weighted by molar-refractivity contribution is 8.00. The lowest BCUT2D eigenvalue weighted by atomic mass is 10.2. The van der Waals surface area contributed by atoms with Gasteiger partial charge in [0.15, 0.2) is 5.16 Å². The van der Waals surface area contributed by atoms with Gasteiger partial charge in [-0.2, -0.15) is 0 Å². The Hall–Kier alpha value is -0.780. The molecule has 2 rings (SSSR count). The van der Waals surface area contributed by atoms with Crippen LogP contribution in [0.15, 0.2) is 35.5 Å². The average molecular weight is 308 g/mol. The third-order valence-corrected chi connectivity index (χ3v) is 5.56. The minimum atomic E-state index is 0.834. The van der Waals surface area contributed by atoms with Gasteiger partial charge in [0.05, 0.1) is 0 Å². The first-order chi connectivity index (χ1) is 9.17. The molecule has 100 valence electrons. The van der Waals surface area contributed by atoms with Gasteiger partial charge >= 0.3 is 0 Å². The number of rotatable bonds is 6. The average Bonchev–Trinajstić information content (AvgIpc) is 2.69. The monoisotopic (exact) mass is 308 g/mol. The van der Waals surface area contributed by atoms with Gasteiger partial charge in [-0.15, -0.1) is 36.3 Å². The second-order valence-corrected chi connectivity index (χ2v) is 7.17. The highest BCUT2D eigenvalue weighted by Crippen LogP contribution is 2.36. The molecule has 0 unspecified atom stereocenters. The molecule has 2 nitrogen and oxygen atoms in total. The zero-order valence-corrected chi connectivity index (χ0v) is 13.6. The number of fused-ring (bicyclic) bond motifs is 1. The Labute approximate surface area is 126 Å². The normalized spacial score (nSPS) is 10.8. The van der Waals surface area contributed by atoms with Crippen LogP contribution < -0.4 is 0 Å². The van der Waals surface area contributed by atoms with Gasteiger partial charge in [-0.05, 0) is 19.4 Å². The maximum Gasteiger partial charge on any atom is 0.190 e. The van der Waals surface area contributed by atoms with Crippen LogP contribution in [0, 0.1) is 13.8 Å². The molecule has 0 bridgehead atoms. The third-order valence-electron chi connectivity index (χ3n) is 2.64. The van der Waals surface area contributed by atoms with Gasteiger partial charge in [0.1, 0.15) is 9.86 Å². The summed E-state index contributed by atoms with van der Waals surface area (Å²) in [7, 11) is 0. The fraction of sp³-hybridized carbons (Fsp3) is 0.286.